The van der Waals surface area contributed by atoms with Gasteiger partial charge in [0, 0.05) is 11.0 Å². The molecule has 2 nitrogen and oxygen atoms in total. The fourth-order valence-corrected chi connectivity index (χ4v) is 1.49. The summed E-state index contributed by atoms with van der Waals surface area (Å²) in [7, 11) is 0. The Kier molecular flexibility index (Phi) is 3.47. The van der Waals surface area contributed by atoms with Crippen molar-refractivity contribution in [2.24, 2.45) is 0 Å². The lowest BCUT2D eigenvalue weighted by molar-refractivity contribution is -0.148. The standard InChI is InChI=1S/C11H14O2S/c1-11(2,3)13-10(12)7-6-9-5-4-8-14-9/h4-8H,1-3H3. The minimum atomic E-state index is -0.420. The zero-order valence-corrected chi connectivity index (χ0v) is 9.43. The zero-order valence-electron chi connectivity index (χ0n) is 8.61. The molecule has 1 aromatic rings. The van der Waals surface area contributed by atoms with Crippen LogP contribution in [0, 0.1) is 0 Å². The molecule has 0 saturated heterocycles. The first-order valence-corrected chi connectivity index (χ1v) is 5.30. The summed E-state index contributed by atoms with van der Waals surface area (Å²) < 4.78 is 5.11. The highest BCUT2D eigenvalue weighted by atomic mass is 32.1. The molecule has 0 saturated carbocycles. The van der Waals surface area contributed by atoms with Crippen molar-refractivity contribution in [1.29, 1.82) is 0 Å². The van der Waals surface area contributed by atoms with Crippen molar-refractivity contribution >= 4 is 23.4 Å². The lowest BCUT2D eigenvalue weighted by atomic mass is 10.2. The van der Waals surface area contributed by atoms with Gasteiger partial charge in [0.25, 0.3) is 0 Å². The third-order valence-corrected chi connectivity index (χ3v) is 2.17. The molecule has 0 spiro atoms. The van der Waals surface area contributed by atoms with Crippen LogP contribution in [0.1, 0.15) is 25.6 Å². The number of hydrogen-bond acceptors (Lipinski definition) is 3. The molecule has 0 aromatic carbocycles. The van der Waals surface area contributed by atoms with Gasteiger partial charge in [-0.15, -0.1) is 11.3 Å². The maximum atomic E-state index is 11.2. The molecule has 0 aliphatic heterocycles. The SMILES string of the molecule is CC(C)(C)OC(=O)C=Cc1cccs1. The first-order chi connectivity index (χ1) is 6.47. The van der Waals surface area contributed by atoms with E-state index in [1.165, 1.54) is 6.08 Å². The average Bonchev–Trinajstić information content (AvgIpc) is 2.49. The smallest absolute Gasteiger partial charge is 0.331 e. The molecule has 0 aliphatic carbocycles. The number of thiophene rings is 1. The van der Waals surface area contributed by atoms with E-state index >= 15 is 0 Å². The molecule has 1 aromatic heterocycles. The van der Waals surface area contributed by atoms with Crippen molar-refractivity contribution < 1.29 is 9.53 Å². The summed E-state index contributed by atoms with van der Waals surface area (Å²) in [5.41, 5.74) is -0.420. The van der Waals surface area contributed by atoms with Crippen molar-refractivity contribution in [1.82, 2.24) is 0 Å². The van der Waals surface area contributed by atoms with Crippen LogP contribution in [0.25, 0.3) is 6.08 Å². The molecule has 1 heterocycles. The van der Waals surface area contributed by atoms with Gasteiger partial charge in [0.15, 0.2) is 0 Å². The van der Waals surface area contributed by atoms with E-state index in [-0.39, 0.29) is 5.97 Å². The Labute approximate surface area is 88.2 Å². The molecule has 0 atom stereocenters. The fourth-order valence-electron chi connectivity index (χ4n) is 0.872. The predicted octanol–water partition coefficient (Wildman–Crippen LogP) is 3.10. The fraction of sp³-hybridized carbons (Fsp3) is 0.364. The first-order valence-electron chi connectivity index (χ1n) is 4.42. The summed E-state index contributed by atoms with van der Waals surface area (Å²) >= 11 is 1.59. The maximum absolute atomic E-state index is 11.2. The summed E-state index contributed by atoms with van der Waals surface area (Å²) in [4.78, 5) is 12.3. The Balaban J connectivity index is 2.49. The Morgan fingerprint density at radius 3 is 2.71 bits per heavy atom. The van der Waals surface area contributed by atoms with Crippen LogP contribution < -0.4 is 0 Å². The van der Waals surface area contributed by atoms with Crippen molar-refractivity contribution in [2.45, 2.75) is 26.4 Å². The summed E-state index contributed by atoms with van der Waals surface area (Å²) in [6.07, 6.45) is 3.22. The van der Waals surface area contributed by atoms with Crippen LogP contribution >= 0.6 is 11.3 Å². The zero-order chi connectivity index (χ0) is 10.6. The van der Waals surface area contributed by atoms with E-state index in [0.29, 0.717) is 0 Å². The third kappa shape index (κ3) is 4.23. The van der Waals surface area contributed by atoms with E-state index < -0.39 is 5.60 Å². The van der Waals surface area contributed by atoms with E-state index in [2.05, 4.69) is 0 Å². The maximum Gasteiger partial charge on any atom is 0.331 e. The van der Waals surface area contributed by atoms with E-state index in [1.54, 1.807) is 17.4 Å². The Morgan fingerprint density at radius 1 is 1.50 bits per heavy atom. The highest BCUT2D eigenvalue weighted by Crippen LogP contribution is 2.12. The second kappa shape index (κ2) is 4.42. The van der Waals surface area contributed by atoms with Gasteiger partial charge in [-0.1, -0.05) is 6.07 Å². The molecule has 0 radical (unpaired) electrons. The number of hydrogen-bond donors (Lipinski definition) is 0. The molecule has 3 heteroatoms. The average molecular weight is 210 g/mol. The van der Waals surface area contributed by atoms with Gasteiger partial charge in [-0.3, -0.25) is 0 Å². The van der Waals surface area contributed by atoms with E-state index in [1.807, 2.05) is 38.3 Å². The molecule has 0 aliphatic rings. The quantitative estimate of drug-likeness (QED) is 0.554. The van der Waals surface area contributed by atoms with Gasteiger partial charge in [0.1, 0.15) is 5.60 Å². The van der Waals surface area contributed by atoms with Crippen LogP contribution in [0.15, 0.2) is 23.6 Å². The normalized spacial score (nSPS) is 11.9. The van der Waals surface area contributed by atoms with Crippen LogP contribution in [0.5, 0.6) is 0 Å². The summed E-state index contributed by atoms with van der Waals surface area (Å²) in [5, 5.41) is 1.97. The van der Waals surface area contributed by atoms with Gasteiger partial charge in [-0.25, -0.2) is 4.79 Å². The summed E-state index contributed by atoms with van der Waals surface area (Å²) in [6.45, 7) is 5.55. The number of carbonyl (C=O) groups excluding carboxylic acids is 1. The van der Waals surface area contributed by atoms with Crippen LogP contribution in [0.4, 0.5) is 0 Å². The van der Waals surface area contributed by atoms with Crippen molar-refractivity contribution in [3.63, 3.8) is 0 Å². The molecule has 76 valence electrons. The van der Waals surface area contributed by atoms with Crippen LogP contribution in [-0.2, 0) is 9.53 Å². The highest BCUT2D eigenvalue weighted by Gasteiger charge is 2.13. The topological polar surface area (TPSA) is 26.3 Å². The molecule has 0 fully saturated rings. The van der Waals surface area contributed by atoms with E-state index in [9.17, 15) is 4.79 Å². The van der Waals surface area contributed by atoms with Gasteiger partial charge >= 0.3 is 5.97 Å². The third-order valence-electron chi connectivity index (χ3n) is 1.33. The van der Waals surface area contributed by atoms with Crippen molar-refractivity contribution in [2.75, 3.05) is 0 Å². The Bertz CT molecular complexity index is 318. The van der Waals surface area contributed by atoms with Gasteiger partial charge in [0.05, 0.1) is 0 Å². The van der Waals surface area contributed by atoms with Gasteiger partial charge in [0.2, 0.25) is 0 Å². The highest BCUT2D eigenvalue weighted by molar-refractivity contribution is 7.10. The molecular formula is C11H14O2S. The Morgan fingerprint density at radius 2 is 2.21 bits per heavy atom. The van der Waals surface area contributed by atoms with Crippen LogP contribution in [0.3, 0.4) is 0 Å². The summed E-state index contributed by atoms with van der Waals surface area (Å²) in [6, 6.07) is 3.89. The Hall–Kier alpha value is -1.09. The van der Waals surface area contributed by atoms with Crippen molar-refractivity contribution in [3.8, 4) is 0 Å². The molecule has 14 heavy (non-hydrogen) atoms. The second-order valence-corrected chi connectivity index (χ2v) is 4.86. The van der Waals surface area contributed by atoms with Crippen LogP contribution in [0.2, 0.25) is 0 Å². The number of carbonyl (C=O) groups is 1. The minimum absolute atomic E-state index is 0.300. The number of rotatable bonds is 2. The molecular weight excluding hydrogens is 196 g/mol. The monoisotopic (exact) mass is 210 g/mol. The van der Waals surface area contributed by atoms with Gasteiger partial charge < -0.3 is 4.74 Å². The van der Waals surface area contributed by atoms with Crippen molar-refractivity contribution in [3.05, 3.63) is 28.5 Å². The van der Waals surface area contributed by atoms with E-state index in [4.69, 9.17) is 4.74 Å². The minimum Gasteiger partial charge on any atom is -0.457 e. The van der Waals surface area contributed by atoms with Crippen LogP contribution in [-0.4, -0.2) is 11.6 Å². The largest absolute Gasteiger partial charge is 0.457 e. The molecule has 0 bridgehead atoms. The summed E-state index contributed by atoms with van der Waals surface area (Å²) in [5.74, 6) is -0.300. The lowest BCUT2D eigenvalue weighted by Crippen LogP contribution is -2.22. The lowest BCUT2D eigenvalue weighted by Gasteiger charge is -2.17. The van der Waals surface area contributed by atoms with Gasteiger partial charge in [-0.05, 0) is 38.3 Å². The predicted molar refractivity (Wildman–Crippen MR) is 59.2 cm³/mol. The molecule has 0 N–H and O–H groups in total. The molecule has 0 unspecified atom stereocenters. The number of ether oxygens (including phenoxy) is 1. The second-order valence-electron chi connectivity index (χ2n) is 3.88. The molecule has 0 amide bonds. The number of esters is 1. The molecule has 1 rings (SSSR count). The first kappa shape index (κ1) is 11.0. The van der Waals surface area contributed by atoms with E-state index in [0.717, 1.165) is 4.88 Å². The van der Waals surface area contributed by atoms with Gasteiger partial charge in [-0.2, -0.15) is 0 Å².